The summed E-state index contributed by atoms with van der Waals surface area (Å²) in [6.07, 6.45) is 4.06. The normalized spacial score (nSPS) is 20.3. The van der Waals surface area contributed by atoms with Gasteiger partial charge in [0.15, 0.2) is 11.9 Å². The summed E-state index contributed by atoms with van der Waals surface area (Å²) < 4.78 is 34.3. The number of piperazine rings is 1. The summed E-state index contributed by atoms with van der Waals surface area (Å²) in [5, 5.41) is 9.47. The minimum atomic E-state index is -3.84. The van der Waals surface area contributed by atoms with Gasteiger partial charge in [-0.25, -0.2) is 13.4 Å². The van der Waals surface area contributed by atoms with E-state index in [1.54, 1.807) is 6.07 Å². The van der Waals surface area contributed by atoms with Gasteiger partial charge in [-0.3, -0.25) is 4.79 Å². The Morgan fingerprint density at radius 1 is 1.15 bits per heavy atom. The van der Waals surface area contributed by atoms with Gasteiger partial charge in [-0.05, 0) is 43.5 Å². The number of likely N-dealkylation sites (N-methyl/N-ethyl adjacent to an activating group) is 1. The Morgan fingerprint density at radius 2 is 1.90 bits per heavy atom. The molecule has 13 nitrogen and oxygen atoms in total. The van der Waals surface area contributed by atoms with Gasteiger partial charge in [0, 0.05) is 46.0 Å². The van der Waals surface area contributed by atoms with Gasteiger partial charge in [0.1, 0.15) is 5.75 Å². The Balaban J connectivity index is 1.55. The molecule has 3 aliphatic heterocycles. The van der Waals surface area contributed by atoms with E-state index in [9.17, 15) is 23.3 Å². The van der Waals surface area contributed by atoms with E-state index >= 15 is 0 Å². The molecule has 0 bridgehead atoms. The van der Waals surface area contributed by atoms with Crippen LogP contribution in [0.1, 0.15) is 38.7 Å². The molecule has 1 amide bonds. The smallest absolute Gasteiger partial charge is 0.294 e. The van der Waals surface area contributed by atoms with Gasteiger partial charge in [-0.1, -0.05) is 13.3 Å². The van der Waals surface area contributed by atoms with Crippen LogP contribution < -0.4 is 4.74 Å². The van der Waals surface area contributed by atoms with Crippen LogP contribution in [-0.2, 0) is 19.7 Å². The SMILES string of the molecule is CCCC1=CN(C)C2C(=O)N=C(c3cc(S(=O)(=O)N4CCN(CCCO[N+](=O)[O-])CC4)ccc3OCC)N=C12. The highest BCUT2D eigenvalue weighted by atomic mass is 32.2. The monoisotopic (exact) mass is 562 g/mol. The maximum absolute atomic E-state index is 13.6. The zero-order chi connectivity index (χ0) is 28.2. The number of fused-ring (bicyclic) bond motifs is 1. The second-order valence-corrected chi connectivity index (χ2v) is 11.4. The van der Waals surface area contributed by atoms with Crippen LogP contribution >= 0.6 is 0 Å². The minimum absolute atomic E-state index is 0.00379. The van der Waals surface area contributed by atoms with Crippen molar-refractivity contribution in [2.45, 2.75) is 44.0 Å². The Kier molecular flexibility index (Phi) is 8.97. The lowest BCUT2D eigenvalue weighted by Crippen LogP contribution is -2.48. The van der Waals surface area contributed by atoms with Crippen molar-refractivity contribution in [1.82, 2.24) is 14.1 Å². The van der Waals surface area contributed by atoms with Crippen LogP contribution in [0.15, 0.2) is 44.9 Å². The van der Waals surface area contributed by atoms with Crippen molar-refractivity contribution >= 4 is 27.5 Å². The third-order valence-corrected chi connectivity index (χ3v) is 8.72. The molecule has 212 valence electrons. The number of ether oxygens (including phenoxy) is 1. The van der Waals surface area contributed by atoms with E-state index in [1.807, 2.05) is 30.0 Å². The lowest BCUT2D eigenvalue weighted by Gasteiger charge is -2.34. The fourth-order valence-electron chi connectivity index (χ4n) is 4.96. The third kappa shape index (κ3) is 6.28. The number of aliphatic imine (C=N–C) groups is 2. The van der Waals surface area contributed by atoms with E-state index in [4.69, 9.17) is 9.73 Å². The van der Waals surface area contributed by atoms with Crippen molar-refractivity contribution in [2.24, 2.45) is 9.98 Å². The van der Waals surface area contributed by atoms with Gasteiger partial charge >= 0.3 is 0 Å². The van der Waals surface area contributed by atoms with Gasteiger partial charge in [-0.15, -0.1) is 10.1 Å². The fraction of sp³-hybridized carbons (Fsp3) is 0.560. The molecule has 0 N–H and O–H groups in total. The van der Waals surface area contributed by atoms with Crippen LogP contribution in [0.5, 0.6) is 5.75 Å². The number of sulfonamides is 1. The zero-order valence-electron chi connectivity index (χ0n) is 22.4. The molecule has 14 heteroatoms. The number of carbonyl (C=O) groups is 1. The topological polar surface area (TPSA) is 147 Å². The predicted molar refractivity (Wildman–Crippen MR) is 144 cm³/mol. The Hall–Kier alpha value is -3.36. The number of benzene rings is 1. The summed E-state index contributed by atoms with van der Waals surface area (Å²) in [6.45, 7) is 6.36. The molecule has 0 saturated carbocycles. The van der Waals surface area contributed by atoms with Crippen molar-refractivity contribution in [1.29, 1.82) is 0 Å². The van der Waals surface area contributed by atoms with E-state index < -0.39 is 21.2 Å². The summed E-state index contributed by atoms with van der Waals surface area (Å²) in [5.74, 6) is 0.195. The van der Waals surface area contributed by atoms with Crippen LogP contribution in [0.4, 0.5) is 0 Å². The van der Waals surface area contributed by atoms with Gasteiger partial charge in [-0.2, -0.15) is 9.30 Å². The summed E-state index contributed by atoms with van der Waals surface area (Å²) in [4.78, 5) is 40.6. The molecule has 1 saturated heterocycles. The van der Waals surface area contributed by atoms with E-state index in [0.717, 1.165) is 18.4 Å². The number of hydrogen-bond donors (Lipinski definition) is 0. The fourth-order valence-corrected chi connectivity index (χ4v) is 6.41. The number of carbonyl (C=O) groups excluding carboxylic acids is 1. The Morgan fingerprint density at radius 3 is 2.56 bits per heavy atom. The first-order valence-corrected chi connectivity index (χ1v) is 14.5. The van der Waals surface area contributed by atoms with Crippen LogP contribution in [0, 0.1) is 10.1 Å². The quantitative estimate of drug-likeness (QED) is 0.211. The Labute approximate surface area is 227 Å². The summed E-state index contributed by atoms with van der Waals surface area (Å²) in [6, 6.07) is 4.00. The zero-order valence-corrected chi connectivity index (χ0v) is 23.2. The number of nitrogens with zero attached hydrogens (tertiary/aromatic N) is 6. The molecule has 3 aliphatic rings. The molecule has 1 fully saturated rings. The van der Waals surface area contributed by atoms with Gasteiger partial charge < -0.3 is 19.4 Å². The van der Waals surface area contributed by atoms with Gasteiger partial charge in [0.2, 0.25) is 10.0 Å². The summed E-state index contributed by atoms with van der Waals surface area (Å²) >= 11 is 0. The van der Waals surface area contributed by atoms with Crippen molar-refractivity contribution < 1.29 is 27.9 Å². The van der Waals surface area contributed by atoms with Gasteiger partial charge in [0.05, 0.1) is 29.4 Å². The average molecular weight is 563 g/mol. The molecular weight excluding hydrogens is 528 g/mol. The molecule has 1 unspecified atom stereocenters. The first-order valence-electron chi connectivity index (χ1n) is 13.1. The van der Waals surface area contributed by atoms with Crippen LogP contribution in [0.3, 0.4) is 0 Å². The van der Waals surface area contributed by atoms with Crippen molar-refractivity contribution in [3.05, 3.63) is 45.6 Å². The highest BCUT2D eigenvalue weighted by molar-refractivity contribution is 7.89. The second kappa shape index (κ2) is 12.2. The van der Waals surface area contributed by atoms with E-state index in [0.29, 0.717) is 49.7 Å². The number of hydrogen-bond acceptors (Lipinski definition) is 10. The molecule has 39 heavy (non-hydrogen) atoms. The molecule has 1 atom stereocenters. The first-order chi connectivity index (χ1) is 18.6. The van der Waals surface area contributed by atoms with Crippen LogP contribution in [-0.4, -0.2) is 104 Å². The molecule has 0 aromatic heterocycles. The number of amidine groups is 1. The second-order valence-electron chi connectivity index (χ2n) is 9.49. The molecule has 4 rings (SSSR count). The predicted octanol–water partition coefficient (Wildman–Crippen LogP) is 1.72. The average Bonchev–Trinajstić information content (AvgIpc) is 3.22. The molecule has 1 aromatic carbocycles. The third-order valence-electron chi connectivity index (χ3n) is 6.83. The number of rotatable bonds is 12. The Bertz CT molecular complexity index is 1300. The minimum Gasteiger partial charge on any atom is -0.493 e. The highest BCUT2D eigenvalue weighted by Gasteiger charge is 2.38. The van der Waals surface area contributed by atoms with Gasteiger partial charge in [0.25, 0.3) is 11.0 Å². The standard InChI is InChI=1S/C25H34N6O7S/c1-4-7-18-17-28(3)23-22(18)26-24(27-25(23)32)20-16-19(8-9-21(20)37-5-2)39(35,36)30-13-11-29(12-14-30)10-6-15-38-31(33)34/h8-9,16-17,23H,4-7,10-15H2,1-3H3. The molecule has 0 aliphatic carbocycles. The van der Waals surface area contributed by atoms with Crippen LogP contribution in [0.25, 0.3) is 0 Å². The lowest BCUT2D eigenvalue weighted by atomic mass is 10.0. The maximum atomic E-state index is 13.6. The highest BCUT2D eigenvalue weighted by Crippen LogP contribution is 2.31. The summed E-state index contributed by atoms with van der Waals surface area (Å²) in [5.41, 5.74) is 1.96. The summed E-state index contributed by atoms with van der Waals surface area (Å²) in [7, 11) is -2.03. The molecule has 3 heterocycles. The molecule has 0 spiro atoms. The van der Waals surface area contributed by atoms with Crippen molar-refractivity contribution in [3.8, 4) is 5.75 Å². The van der Waals surface area contributed by atoms with Crippen LogP contribution in [0.2, 0.25) is 0 Å². The maximum Gasteiger partial charge on any atom is 0.294 e. The lowest BCUT2D eigenvalue weighted by molar-refractivity contribution is -0.757. The number of amides is 1. The van der Waals surface area contributed by atoms with E-state index in [2.05, 4.69) is 16.8 Å². The van der Waals surface area contributed by atoms with E-state index in [-0.39, 0.29) is 36.3 Å². The van der Waals surface area contributed by atoms with Crippen molar-refractivity contribution in [3.63, 3.8) is 0 Å². The molecular formula is C25H34N6O7S. The molecule has 1 aromatic rings. The van der Waals surface area contributed by atoms with Crippen molar-refractivity contribution in [2.75, 3.05) is 53.0 Å². The first kappa shape index (κ1) is 28.6. The molecule has 0 radical (unpaired) electrons. The largest absolute Gasteiger partial charge is 0.493 e. The van der Waals surface area contributed by atoms with E-state index in [1.165, 1.54) is 16.4 Å².